The Bertz CT molecular complexity index is 562. The molecule has 1 atom stereocenters. The van der Waals surface area contributed by atoms with Crippen LogP contribution in [-0.2, 0) is 16.0 Å². The highest BCUT2D eigenvalue weighted by Gasteiger charge is 2.21. The molecule has 0 spiro atoms. The number of hydrogen-bond acceptors (Lipinski definition) is 5. The predicted molar refractivity (Wildman–Crippen MR) is 83.2 cm³/mol. The van der Waals surface area contributed by atoms with Crippen LogP contribution in [0.3, 0.4) is 0 Å². The second kappa shape index (κ2) is 8.03. The van der Waals surface area contributed by atoms with Gasteiger partial charge in [0.25, 0.3) is 0 Å². The van der Waals surface area contributed by atoms with E-state index in [2.05, 4.69) is 10.3 Å². The highest BCUT2D eigenvalue weighted by molar-refractivity contribution is 5.57. The fourth-order valence-electron chi connectivity index (χ4n) is 2.12. The van der Waals surface area contributed by atoms with E-state index in [0.717, 1.165) is 11.3 Å². The number of benzene rings is 1. The topological polar surface area (TPSA) is 69.4 Å². The monoisotopic (exact) mass is 305 g/mol. The van der Waals surface area contributed by atoms with E-state index in [4.69, 9.17) is 9.47 Å². The molecule has 0 aliphatic heterocycles. The van der Waals surface area contributed by atoms with E-state index in [1.807, 2.05) is 51.2 Å². The van der Waals surface area contributed by atoms with Crippen LogP contribution in [0.2, 0.25) is 0 Å². The number of aromatic nitrogens is 3. The van der Waals surface area contributed by atoms with E-state index < -0.39 is 12.4 Å². The van der Waals surface area contributed by atoms with Gasteiger partial charge < -0.3 is 14.6 Å². The van der Waals surface area contributed by atoms with Gasteiger partial charge in [-0.15, -0.1) is 5.10 Å². The average molecular weight is 305 g/mol. The standard InChI is InChI=1S/C16H23N3O3/c1-4-21-16(22-5-2)15(20)11-19-10-14(17-18-19)13-8-6-12(3)7-9-13/h6-10,15-16,20H,4-5,11H2,1-3H3. The molecule has 0 aliphatic rings. The zero-order valence-corrected chi connectivity index (χ0v) is 13.3. The zero-order chi connectivity index (χ0) is 15.9. The van der Waals surface area contributed by atoms with Crippen LogP contribution in [0.5, 0.6) is 0 Å². The van der Waals surface area contributed by atoms with E-state index in [9.17, 15) is 5.11 Å². The molecule has 0 aliphatic carbocycles. The van der Waals surface area contributed by atoms with Gasteiger partial charge in [0.2, 0.25) is 0 Å². The molecule has 0 radical (unpaired) electrons. The number of aliphatic hydroxyl groups excluding tert-OH is 1. The van der Waals surface area contributed by atoms with Crippen LogP contribution >= 0.6 is 0 Å². The van der Waals surface area contributed by atoms with Crippen molar-refractivity contribution in [3.8, 4) is 11.3 Å². The van der Waals surface area contributed by atoms with E-state index in [1.165, 1.54) is 5.56 Å². The predicted octanol–water partition coefficient (Wildman–Crippen LogP) is 2.01. The minimum atomic E-state index is -0.799. The first kappa shape index (κ1) is 16.6. The fourth-order valence-corrected chi connectivity index (χ4v) is 2.12. The lowest BCUT2D eigenvalue weighted by Gasteiger charge is -2.22. The van der Waals surface area contributed by atoms with Gasteiger partial charge in [-0.25, -0.2) is 4.68 Å². The highest BCUT2D eigenvalue weighted by atomic mass is 16.7. The summed E-state index contributed by atoms with van der Waals surface area (Å²) in [6.45, 7) is 7.00. The smallest absolute Gasteiger partial charge is 0.185 e. The molecular formula is C16H23N3O3. The van der Waals surface area contributed by atoms with Crippen LogP contribution in [0.15, 0.2) is 30.5 Å². The summed E-state index contributed by atoms with van der Waals surface area (Å²) in [4.78, 5) is 0. The molecular weight excluding hydrogens is 282 g/mol. The molecule has 1 unspecified atom stereocenters. The number of ether oxygens (including phenoxy) is 2. The van der Waals surface area contributed by atoms with Crippen LogP contribution in [0.1, 0.15) is 19.4 Å². The van der Waals surface area contributed by atoms with Gasteiger partial charge in [0, 0.05) is 18.8 Å². The average Bonchev–Trinajstić information content (AvgIpc) is 2.96. The maximum absolute atomic E-state index is 10.2. The molecule has 6 nitrogen and oxygen atoms in total. The summed E-state index contributed by atoms with van der Waals surface area (Å²) < 4.78 is 12.4. The molecule has 6 heteroatoms. The van der Waals surface area contributed by atoms with Crippen molar-refractivity contribution in [2.75, 3.05) is 13.2 Å². The Morgan fingerprint density at radius 1 is 1.14 bits per heavy atom. The third-order valence-corrected chi connectivity index (χ3v) is 3.24. The number of hydrogen-bond donors (Lipinski definition) is 1. The molecule has 1 aromatic carbocycles. The van der Waals surface area contributed by atoms with Gasteiger partial charge in [0.1, 0.15) is 11.8 Å². The van der Waals surface area contributed by atoms with Crippen molar-refractivity contribution in [3.63, 3.8) is 0 Å². The van der Waals surface area contributed by atoms with Gasteiger partial charge in [-0.1, -0.05) is 35.0 Å². The molecule has 0 saturated carbocycles. The molecule has 22 heavy (non-hydrogen) atoms. The van der Waals surface area contributed by atoms with E-state index in [-0.39, 0.29) is 6.54 Å². The van der Waals surface area contributed by atoms with Crippen molar-refractivity contribution < 1.29 is 14.6 Å². The molecule has 120 valence electrons. The molecule has 0 fully saturated rings. The Morgan fingerprint density at radius 2 is 1.77 bits per heavy atom. The summed E-state index contributed by atoms with van der Waals surface area (Å²) in [6, 6.07) is 8.07. The van der Waals surface area contributed by atoms with E-state index in [1.54, 1.807) is 4.68 Å². The first-order valence-electron chi connectivity index (χ1n) is 7.52. The van der Waals surface area contributed by atoms with Crippen molar-refractivity contribution in [1.82, 2.24) is 15.0 Å². The molecule has 1 N–H and O–H groups in total. The molecule has 2 rings (SSSR count). The molecule has 0 saturated heterocycles. The highest BCUT2D eigenvalue weighted by Crippen LogP contribution is 2.17. The normalized spacial score (nSPS) is 12.8. The summed E-state index contributed by atoms with van der Waals surface area (Å²) in [7, 11) is 0. The van der Waals surface area contributed by atoms with Gasteiger partial charge in [-0.05, 0) is 20.8 Å². The van der Waals surface area contributed by atoms with Crippen molar-refractivity contribution in [2.24, 2.45) is 0 Å². The molecule has 1 heterocycles. The first-order valence-corrected chi connectivity index (χ1v) is 7.52. The number of rotatable bonds is 8. The summed E-state index contributed by atoms with van der Waals surface area (Å²) in [5.41, 5.74) is 2.97. The first-order chi connectivity index (χ1) is 10.6. The molecule has 2 aromatic rings. The van der Waals surface area contributed by atoms with Crippen LogP contribution in [0.4, 0.5) is 0 Å². The van der Waals surface area contributed by atoms with Gasteiger partial charge in [0.15, 0.2) is 6.29 Å². The van der Waals surface area contributed by atoms with Gasteiger partial charge >= 0.3 is 0 Å². The van der Waals surface area contributed by atoms with Gasteiger partial charge in [-0.2, -0.15) is 0 Å². The maximum atomic E-state index is 10.2. The Balaban J connectivity index is 2.03. The van der Waals surface area contributed by atoms with Crippen molar-refractivity contribution in [2.45, 2.75) is 39.7 Å². The SMILES string of the molecule is CCOC(OCC)C(O)Cn1cc(-c2ccc(C)cc2)nn1. The van der Waals surface area contributed by atoms with E-state index >= 15 is 0 Å². The van der Waals surface area contributed by atoms with E-state index in [0.29, 0.717) is 13.2 Å². The summed E-state index contributed by atoms with van der Waals surface area (Å²) in [5.74, 6) is 0. The lowest BCUT2D eigenvalue weighted by atomic mass is 10.1. The second-order valence-corrected chi connectivity index (χ2v) is 5.04. The van der Waals surface area contributed by atoms with Crippen LogP contribution < -0.4 is 0 Å². The largest absolute Gasteiger partial charge is 0.386 e. The number of nitrogens with zero attached hydrogens (tertiary/aromatic N) is 3. The van der Waals surface area contributed by atoms with Gasteiger partial charge in [0.05, 0.1) is 12.7 Å². The Morgan fingerprint density at radius 3 is 2.36 bits per heavy atom. The third kappa shape index (κ3) is 4.37. The quantitative estimate of drug-likeness (QED) is 0.756. The summed E-state index contributed by atoms with van der Waals surface area (Å²) >= 11 is 0. The molecule has 0 amide bonds. The maximum Gasteiger partial charge on any atom is 0.185 e. The lowest BCUT2D eigenvalue weighted by Crippen LogP contribution is -2.35. The summed E-state index contributed by atoms with van der Waals surface area (Å²) in [6.07, 6.45) is 0.359. The van der Waals surface area contributed by atoms with Crippen molar-refractivity contribution in [1.29, 1.82) is 0 Å². The van der Waals surface area contributed by atoms with Crippen molar-refractivity contribution >= 4 is 0 Å². The summed E-state index contributed by atoms with van der Waals surface area (Å²) in [5, 5.41) is 18.4. The van der Waals surface area contributed by atoms with Crippen molar-refractivity contribution in [3.05, 3.63) is 36.0 Å². The Labute approximate surface area is 130 Å². The fraction of sp³-hybridized carbons (Fsp3) is 0.500. The molecule has 0 bridgehead atoms. The Hall–Kier alpha value is -1.76. The number of aryl methyl sites for hydroxylation is 1. The lowest BCUT2D eigenvalue weighted by molar-refractivity contribution is -0.192. The van der Waals surface area contributed by atoms with Crippen LogP contribution in [-0.4, -0.2) is 45.7 Å². The van der Waals surface area contributed by atoms with Crippen LogP contribution in [0, 0.1) is 6.92 Å². The second-order valence-electron chi connectivity index (χ2n) is 5.04. The number of aliphatic hydroxyl groups is 1. The molecule has 1 aromatic heterocycles. The minimum Gasteiger partial charge on any atom is -0.386 e. The third-order valence-electron chi connectivity index (χ3n) is 3.24. The minimum absolute atomic E-state index is 0.267. The van der Waals surface area contributed by atoms with Crippen LogP contribution in [0.25, 0.3) is 11.3 Å². The zero-order valence-electron chi connectivity index (χ0n) is 13.3. The van der Waals surface area contributed by atoms with Gasteiger partial charge in [-0.3, -0.25) is 0 Å². The Kier molecular flexibility index (Phi) is 6.06.